The third-order valence-electron chi connectivity index (χ3n) is 3.73. The van der Waals surface area contributed by atoms with E-state index in [1.54, 1.807) is 17.8 Å². The summed E-state index contributed by atoms with van der Waals surface area (Å²) in [6, 6.07) is 7.43. The van der Waals surface area contributed by atoms with Crippen LogP contribution in [0, 0.1) is 5.92 Å². The summed E-state index contributed by atoms with van der Waals surface area (Å²) in [7, 11) is 0. The third-order valence-corrected chi connectivity index (χ3v) is 4.77. The summed E-state index contributed by atoms with van der Waals surface area (Å²) >= 11 is 7.70. The zero-order valence-electron chi connectivity index (χ0n) is 15.0. The molecule has 0 unspecified atom stereocenters. The lowest BCUT2D eigenvalue weighted by atomic mass is 10.1. The molecule has 1 aromatic heterocycles. The third kappa shape index (κ3) is 6.04. The van der Waals surface area contributed by atoms with E-state index in [0.717, 1.165) is 35.9 Å². The summed E-state index contributed by atoms with van der Waals surface area (Å²) in [5, 5.41) is 13.1. The Kier molecular flexibility index (Phi) is 7.78. The van der Waals surface area contributed by atoms with Crippen LogP contribution in [0.2, 0.25) is 5.02 Å². The minimum atomic E-state index is -0.0125. The highest BCUT2D eigenvalue weighted by Gasteiger charge is 2.12. The van der Waals surface area contributed by atoms with Crippen LogP contribution in [0.25, 0.3) is 0 Å². The lowest BCUT2D eigenvalue weighted by molar-refractivity contribution is -0.120. The smallest absolute Gasteiger partial charge is 0.224 e. The highest BCUT2D eigenvalue weighted by molar-refractivity contribution is 7.98. The number of halogens is 1. The largest absolute Gasteiger partial charge is 0.356 e. The van der Waals surface area contributed by atoms with Crippen molar-refractivity contribution >= 4 is 29.3 Å². The van der Waals surface area contributed by atoms with E-state index in [1.807, 2.05) is 24.5 Å². The number of hydrogen-bond acceptors (Lipinski definition) is 4. The molecule has 0 aliphatic carbocycles. The van der Waals surface area contributed by atoms with Gasteiger partial charge in [-0.15, -0.1) is 10.2 Å². The average Bonchev–Trinajstić information content (AvgIpc) is 2.95. The van der Waals surface area contributed by atoms with E-state index >= 15 is 0 Å². The topological polar surface area (TPSA) is 59.8 Å². The molecule has 0 saturated heterocycles. The molecule has 0 aliphatic heterocycles. The first-order valence-corrected chi connectivity index (χ1v) is 10.1. The molecule has 5 nitrogen and oxygen atoms in total. The number of carbonyl (C=O) groups excluding carboxylic acids is 1. The van der Waals surface area contributed by atoms with Crippen LogP contribution < -0.4 is 5.32 Å². The fourth-order valence-electron chi connectivity index (χ4n) is 2.55. The molecule has 0 radical (unpaired) electrons. The van der Waals surface area contributed by atoms with Crippen LogP contribution in [-0.4, -0.2) is 33.5 Å². The van der Waals surface area contributed by atoms with Gasteiger partial charge < -0.3 is 9.88 Å². The van der Waals surface area contributed by atoms with Crippen LogP contribution in [0.4, 0.5) is 0 Å². The highest BCUT2D eigenvalue weighted by atomic mass is 35.5. The van der Waals surface area contributed by atoms with Gasteiger partial charge in [-0.25, -0.2) is 0 Å². The Morgan fingerprint density at radius 2 is 2.08 bits per heavy atom. The molecule has 0 fully saturated rings. The number of aryl methyl sites for hydroxylation is 1. The van der Waals surface area contributed by atoms with Crippen molar-refractivity contribution < 1.29 is 4.79 Å². The Morgan fingerprint density at radius 1 is 1.32 bits per heavy atom. The van der Waals surface area contributed by atoms with Crippen molar-refractivity contribution in [3.63, 3.8) is 0 Å². The monoisotopic (exact) mass is 380 g/mol. The SMILES string of the molecule is CSc1nnc(CCCNC(=O)Cc2ccccc2Cl)n1CC(C)C. The molecule has 7 heteroatoms. The van der Waals surface area contributed by atoms with Gasteiger partial charge in [-0.1, -0.05) is 55.4 Å². The first-order chi connectivity index (χ1) is 12.0. The summed E-state index contributed by atoms with van der Waals surface area (Å²) in [6.07, 6.45) is 3.95. The van der Waals surface area contributed by atoms with Crippen molar-refractivity contribution in [2.75, 3.05) is 12.8 Å². The fourth-order valence-corrected chi connectivity index (χ4v) is 3.28. The van der Waals surface area contributed by atoms with Gasteiger partial charge in [0.25, 0.3) is 0 Å². The minimum Gasteiger partial charge on any atom is -0.356 e. The standard InChI is InChI=1S/C18H25ClN4OS/c1-13(2)12-23-16(21-22-18(23)25-3)9-6-10-20-17(24)11-14-7-4-5-8-15(14)19/h4-5,7-8,13H,6,9-12H2,1-3H3,(H,20,24). The number of thioether (sulfide) groups is 1. The van der Waals surface area contributed by atoms with Crippen molar-refractivity contribution in [2.45, 2.75) is 44.8 Å². The van der Waals surface area contributed by atoms with Crippen LogP contribution in [0.5, 0.6) is 0 Å². The number of nitrogens with one attached hydrogen (secondary N) is 1. The van der Waals surface area contributed by atoms with Crippen LogP contribution in [0.15, 0.2) is 29.4 Å². The Morgan fingerprint density at radius 3 is 2.76 bits per heavy atom. The van der Waals surface area contributed by atoms with Crippen LogP contribution >= 0.6 is 23.4 Å². The lowest BCUT2D eigenvalue weighted by Gasteiger charge is -2.12. The Labute approximate surface area is 158 Å². The van der Waals surface area contributed by atoms with Crippen LogP contribution in [0.3, 0.4) is 0 Å². The molecule has 2 aromatic rings. The summed E-state index contributed by atoms with van der Waals surface area (Å²) in [5.74, 6) is 1.51. The summed E-state index contributed by atoms with van der Waals surface area (Å²) in [4.78, 5) is 12.0. The molecular formula is C18H25ClN4OS. The van der Waals surface area contributed by atoms with Gasteiger partial charge in [0.05, 0.1) is 6.42 Å². The van der Waals surface area contributed by atoms with E-state index in [-0.39, 0.29) is 5.91 Å². The molecule has 2 rings (SSSR count). The van der Waals surface area contributed by atoms with Gasteiger partial charge in [-0.3, -0.25) is 4.79 Å². The van der Waals surface area contributed by atoms with Gasteiger partial charge in [0.2, 0.25) is 5.91 Å². The predicted molar refractivity (Wildman–Crippen MR) is 103 cm³/mol. The molecule has 0 saturated carbocycles. The van der Waals surface area contributed by atoms with Gasteiger partial charge in [-0.05, 0) is 30.2 Å². The van der Waals surface area contributed by atoms with E-state index in [0.29, 0.717) is 23.9 Å². The van der Waals surface area contributed by atoms with Gasteiger partial charge in [0.15, 0.2) is 5.16 Å². The second kappa shape index (κ2) is 9.82. The molecule has 1 heterocycles. The molecule has 0 aliphatic rings. The zero-order valence-corrected chi connectivity index (χ0v) is 16.5. The maximum Gasteiger partial charge on any atom is 0.224 e. The molecule has 136 valence electrons. The number of rotatable bonds is 9. The fraction of sp³-hybridized carbons (Fsp3) is 0.500. The number of carbonyl (C=O) groups is 1. The second-order valence-electron chi connectivity index (χ2n) is 6.33. The zero-order chi connectivity index (χ0) is 18.2. The normalized spacial score (nSPS) is 11.1. The summed E-state index contributed by atoms with van der Waals surface area (Å²) in [5.41, 5.74) is 0.850. The van der Waals surface area contributed by atoms with Gasteiger partial charge in [-0.2, -0.15) is 0 Å². The van der Waals surface area contributed by atoms with Crippen molar-refractivity contribution in [2.24, 2.45) is 5.92 Å². The van der Waals surface area contributed by atoms with E-state index in [9.17, 15) is 4.79 Å². The van der Waals surface area contributed by atoms with Gasteiger partial charge >= 0.3 is 0 Å². The Balaban J connectivity index is 1.80. The van der Waals surface area contributed by atoms with Gasteiger partial charge in [0, 0.05) is 24.5 Å². The lowest BCUT2D eigenvalue weighted by Crippen LogP contribution is -2.26. The number of aromatic nitrogens is 3. The quantitative estimate of drug-likeness (QED) is 0.533. The van der Waals surface area contributed by atoms with E-state index < -0.39 is 0 Å². The average molecular weight is 381 g/mol. The highest BCUT2D eigenvalue weighted by Crippen LogP contribution is 2.17. The van der Waals surface area contributed by atoms with Crippen molar-refractivity contribution in [1.29, 1.82) is 0 Å². The Hall–Kier alpha value is -1.53. The molecule has 1 amide bonds. The molecule has 25 heavy (non-hydrogen) atoms. The molecule has 1 aromatic carbocycles. The van der Waals surface area contributed by atoms with Crippen molar-refractivity contribution in [3.8, 4) is 0 Å². The number of benzene rings is 1. The molecule has 0 bridgehead atoms. The van der Waals surface area contributed by atoms with Crippen molar-refractivity contribution in [1.82, 2.24) is 20.1 Å². The second-order valence-corrected chi connectivity index (χ2v) is 7.51. The first kappa shape index (κ1) is 19.8. The van der Waals surface area contributed by atoms with E-state index in [1.165, 1.54) is 0 Å². The van der Waals surface area contributed by atoms with Gasteiger partial charge in [0.1, 0.15) is 5.82 Å². The van der Waals surface area contributed by atoms with Crippen molar-refractivity contribution in [3.05, 3.63) is 40.7 Å². The Bertz CT molecular complexity index is 702. The van der Waals surface area contributed by atoms with E-state index in [2.05, 4.69) is 33.9 Å². The summed E-state index contributed by atoms with van der Waals surface area (Å²) in [6.45, 7) is 5.90. The van der Waals surface area contributed by atoms with E-state index in [4.69, 9.17) is 11.6 Å². The molecule has 0 atom stereocenters. The first-order valence-electron chi connectivity index (χ1n) is 8.47. The molecule has 1 N–H and O–H groups in total. The van der Waals surface area contributed by atoms with Crippen LogP contribution in [0.1, 0.15) is 31.7 Å². The minimum absolute atomic E-state index is 0.0125. The molecular weight excluding hydrogens is 356 g/mol. The number of nitrogens with zero attached hydrogens (tertiary/aromatic N) is 3. The number of amides is 1. The molecule has 0 spiro atoms. The maximum atomic E-state index is 12.0. The summed E-state index contributed by atoms with van der Waals surface area (Å²) < 4.78 is 2.18. The van der Waals surface area contributed by atoms with Crippen LogP contribution in [-0.2, 0) is 24.2 Å². The maximum absolute atomic E-state index is 12.0. The number of hydrogen-bond donors (Lipinski definition) is 1. The predicted octanol–water partition coefficient (Wildman–Crippen LogP) is 3.60.